The van der Waals surface area contributed by atoms with E-state index in [1.54, 1.807) is 30.6 Å². The number of nitrogens with zero attached hydrogens (tertiary/aromatic N) is 1. The van der Waals surface area contributed by atoms with Crippen LogP contribution in [-0.4, -0.2) is 18.5 Å². The molecule has 0 amide bonds. The summed E-state index contributed by atoms with van der Waals surface area (Å²) in [5, 5.41) is 11.9. The maximum Gasteiger partial charge on any atom is 0.241 e. The number of hydrogen-bond acceptors (Lipinski definition) is 5. The molecule has 114 valence electrons. The Labute approximate surface area is 128 Å². The average Bonchev–Trinajstić information content (AvgIpc) is 3.00. The van der Waals surface area contributed by atoms with Crippen molar-refractivity contribution >= 4 is 21.4 Å². The predicted octanol–water partition coefficient (Wildman–Crippen LogP) is 2.24. The molecule has 0 spiro atoms. The van der Waals surface area contributed by atoms with Gasteiger partial charge in [-0.15, -0.1) is 11.3 Å². The van der Waals surface area contributed by atoms with Gasteiger partial charge in [0.15, 0.2) is 0 Å². The van der Waals surface area contributed by atoms with Gasteiger partial charge in [0.25, 0.3) is 0 Å². The standard InChI is InChI=1S/C14H18N2O3S2/c1-3-11-4-5-13(8-12(11)9-17)21(18,19)16-10(2)14-15-6-7-20-14/h4-8,10,16-17H,3,9H2,1-2H3. The average molecular weight is 326 g/mol. The van der Waals surface area contributed by atoms with E-state index in [9.17, 15) is 13.5 Å². The number of aromatic nitrogens is 1. The van der Waals surface area contributed by atoms with Crippen LogP contribution in [0, 0.1) is 0 Å². The summed E-state index contributed by atoms with van der Waals surface area (Å²) in [6, 6.07) is 4.44. The van der Waals surface area contributed by atoms with Crippen LogP contribution in [0.25, 0.3) is 0 Å². The summed E-state index contributed by atoms with van der Waals surface area (Å²) in [6.07, 6.45) is 2.39. The van der Waals surface area contributed by atoms with Crippen molar-refractivity contribution in [2.75, 3.05) is 0 Å². The van der Waals surface area contributed by atoms with Crippen molar-refractivity contribution in [3.63, 3.8) is 0 Å². The van der Waals surface area contributed by atoms with Gasteiger partial charge in [-0.25, -0.2) is 18.1 Å². The Hall–Kier alpha value is -1.28. The van der Waals surface area contributed by atoms with Crippen molar-refractivity contribution in [2.24, 2.45) is 0 Å². The SMILES string of the molecule is CCc1ccc(S(=O)(=O)NC(C)c2nccs2)cc1CO. The van der Waals surface area contributed by atoms with Crippen molar-refractivity contribution in [3.8, 4) is 0 Å². The number of sulfonamides is 1. The second kappa shape index (κ2) is 6.65. The number of aryl methyl sites for hydroxylation is 1. The van der Waals surface area contributed by atoms with E-state index in [-0.39, 0.29) is 11.5 Å². The van der Waals surface area contributed by atoms with Crippen LogP contribution in [0.2, 0.25) is 0 Å². The van der Waals surface area contributed by atoms with Gasteiger partial charge >= 0.3 is 0 Å². The highest BCUT2D eigenvalue weighted by atomic mass is 32.2. The molecule has 0 aliphatic carbocycles. The zero-order chi connectivity index (χ0) is 15.5. The van der Waals surface area contributed by atoms with Gasteiger partial charge in [0, 0.05) is 11.6 Å². The molecule has 21 heavy (non-hydrogen) atoms. The van der Waals surface area contributed by atoms with Gasteiger partial charge in [-0.3, -0.25) is 0 Å². The van der Waals surface area contributed by atoms with Crippen LogP contribution in [0.15, 0.2) is 34.7 Å². The molecule has 0 aliphatic rings. The van der Waals surface area contributed by atoms with Gasteiger partial charge in [0.1, 0.15) is 5.01 Å². The molecule has 1 aromatic carbocycles. The molecule has 0 fully saturated rings. The molecule has 2 rings (SSSR count). The fourth-order valence-corrected chi connectivity index (χ4v) is 4.04. The number of aliphatic hydroxyl groups is 1. The third-order valence-electron chi connectivity index (χ3n) is 3.19. The minimum absolute atomic E-state index is 0.159. The van der Waals surface area contributed by atoms with Crippen LogP contribution in [-0.2, 0) is 23.1 Å². The molecule has 0 saturated carbocycles. The molecule has 7 heteroatoms. The monoisotopic (exact) mass is 326 g/mol. The lowest BCUT2D eigenvalue weighted by Crippen LogP contribution is -2.27. The van der Waals surface area contributed by atoms with Crippen LogP contribution in [0.3, 0.4) is 0 Å². The molecule has 1 atom stereocenters. The summed E-state index contributed by atoms with van der Waals surface area (Å²) >= 11 is 1.40. The lowest BCUT2D eigenvalue weighted by Gasteiger charge is -2.13. The maximum atomic E-state index is 12.4. The zero-order valence-corrected chi connectivity index (χ0v) is 13.5. The Morgan fingerprint density at radius 3 is 2.71 bits per heavy atom. The number of benzene rings is 1. The fourth-order valence-electron chi connectivity index (χ4n) is 2.06. The number of hydrogen-bond donors (Lipinski definition) is 2. The summed E-state index contributed by atoms with van der Waals surface area (Å²) in [6.45, 7) is 3.55. The lowest BCUT2D eigenvalue weighted by atomic mass is 10.1. The molecule has 0 saturated heterocycles. The first kappa shape index (κ1) is 16.1. The summed E-state index contributed by atoms with van der Waals surface area (Å²) in [7, 11) is -3.64. The van der Waals surface area contributed by atoms with E-state index in [1.165, 1.54) is 17.4 Å². The van der Waals surface area contributed by atoms with E-state index in [4.69, 9.17) is 0 Å². The lowest BCUT2D eigenvalue weighted by molar-refractivity contribution is 0.280. The second-order valence-electron chi connectivity index (χ2n) is 4.66. The predicted molar refractivity (Wildman–Crippen MR) is 82.6 cm³/mol. The van der Waals surface area contributed by atoms with Crippen molar-refractivity contribution in [1.29, 1.82) is 0 Å². The van der Waals surface area contributed by atoms with Crippen LogP contribution < -0.4 is 4.72 Å². The smallest absolute Gasteiger partial charge is 0.241 e. The Morgan fingerprint density at radius 2 is 2.14 bits per heavy atom. The van der Waals surface area contributed by atoms with Gasteiger partial charge < -0.3 is 5.11 Å². The van der Waals surface area contributed by atoms with Gasteiger partial charge in [0.05, 0.1) is 17.5 Å². The van der Waals surface area contributed by atoms with Gasteiger partial charge in [-0.05, 0) is 36.6 Å². The van der Waals surface area contributed by atoms with E-state index in [0.717, 1.165) is 12.0 Å². The molecule has 0 aliphatic heterocycles. The molecule has 5 nitrogen and oxygen atoms in total. The van der Waals surface area contributed by atoms with Crippen molar-refractivity contribution in [2.45, 2.75) is 37.8 Å². The number of nitrogens with one attached hydrogen (secondary N) is 1. The topological polar surface area (TPSA) is 79.3 Å². The Balaban J connectivity index is 2.27. The first-order valence-electron chi connectivity index (χ1n) is 6.62. The minimum Gasteiger partial charge on any atom is -0.392 e. The molecular formula is C14H18N2O3S2. The summed E-state index contributed by atoms with van der Waals surface area (Å²) in [5.41, 5.74) is 1.59. The highest BCUT2D eigenvalue weighted by Gasteiger charge is 2.20. The Morgan fingerprint density at radius 1 is 1.38 bits per heavy atom. The maximum absolute atomic E-state index is 12.4. The van der Waals surface area contributed by atoms with E-state index in [1.807, 2.05) is 6.92 Å². The van der Waals surface area contributed by atoms with Crippen LogP contribution in [0.5, 0.6) is 0 Å². The second-order valence-corrected chi connectivity index (χ2v) is 7.30. The van der Waals surface area contributed by atoms with Gasteiger partial charge in [-0.1, -0.05) is 13.0 Å². The van der Waals surface area contributed by atoms with E-state index >= 15 is 0 Å². The van der Waals surface area contributed by atoms with Crippen LogP contribution in [0.4, 0.5) is 0 Å². The summed E-state index contributed by atoms with van der Waals surface area (Å²) < 4.78 is 27.4. The third kappa shape index (κ3) is 3.68. The van der Waals surface area contributed by atoms with E-state index in [0.29, 0.717) is 10.6 Å². The minimum atomic E-state index is -3.64. The molecule has 0 radical (unpaired) electrons. The molecule has 2 N–H and O–H groups in total. The highest BCUT2D eigenvalue weighted by molar-refractivity contribution is 7.89. The molecule has 2 aromatic rings. The normalized spacial score (nSPS) is 13.3. The molecule has 0 bridgehead atoms. The Kier molecular flexibility index (Phi) is 5.10. The zero-order valence-electron chi connectivity index (χ0n) is 11.9. The first-order valence-corrected chi connectivity index (χ1v) is 8.98. The van der Waals surface area contributed by atoms with Crippen molar-refractivity contribution in [3.05, 3.63) is 45.9 Å². The molecule has 1 aromatic heterocycles. The summed E-state index contributed by atoms with van der Waals surface area (Å²) in [5.74, 6) is 0. The van der Waals surface area contributed by atoms with Crippen LogP contribution >= 0.6 is 11.3 Å². The van der Waals surface area contributed by atoms with E-state index < -0.39 is 16.1 Å². The summed E-state index contributed by atoms with van der Waals surface area (Å²) in [4.78, 5) is 4.27. The third-order valence-corrected chi connectivity index (χ3v) is 5.69. The largest absolute Gasteiger partial charge is 0.392 e. The number of aliphatic hydroxyl groups excluding tert-OH is 1. The van der Waals surface area contributed by atoms with Crippen molar-refractivity contribution < 1.29 is 13.5 Å². The molecular weight excluding hydrogens is 308 g/mol. The number of thiazole rings is 1. The highest BCUT2D eigenvalue weighted by Crippen LogP contribution is 2.21. The fraction of sp³-hybridized carbons (Fsp3) is 0.357. The van der Waals surface area contributed by atoms with Gasteiger partial charge in [0.2, 0.25) is 10.0 Å². The molecule has 1 heterocycles. The van der Waals surface area contributed by atoms with Crippen molar-refractivity contribution in [1.82, 2.24) is 9.71 Å². The Bertz CT molecular complexity index is 697. The number of rotatable bonds is 6. The van der Waals surface area contributed by atoms with E-state index in [2.05, 4.69) is 9.71 Å². The quantitative estimate of drug-likeness (QED) is 0.853. The van der Waals surface area contributed by atoms with Gasteiger partial charge in [-0.2, -0.15) is 0 Å². The van der Waals surface area contributed by atoms with Crippen LogP contribution in [0.1, 0.15) is 36.0 Å². The first-order chi connectivity index (χ1) is 9.97. The molecule has 1 unspecified atom stereocenters.